The Kier molecular flexibility index (Phi) is 4.40. The van der Waals surface area contributed by atoms with Gasteiger partial charge in [-0.05, 0) is 56.0 Å². The highest BCUT2D eigenvalue weighted by atomic mass is 16.5. The van der Waals surface area contributed by atoms with Gasteiger partial charge in [0.2, 0.25) is 0 Å². The molecule has 0 aromatic heterocycles. The number of allylic oxidation sites excluding steroid dienone is 1. The smallest absolute Gasteiger partial charge is 0.335 e. The third-order valence-corrected chi connectivity index (χ3v) is 3.10. The van der Waals surface area contributed by atoms with Gasteiger partial charge in [-0.15, -0.1) is 0 Å². The molecule has 0 fully saturated rings. The Morgan fingerprint density at radius 2 is 1.94 bits per heavy atom. The molecule has 0 saturated heterocycles. The summed E-state index contributed by atoms with van der Waals surface area (Å²) >= 11 is 0. The monoisotopic (exact) mass is 246 g/mol. The summed E-state index contributed by atoms with van der Waals surface area (Å²) in [5, 5.41) is 8.81. The van der Waals surface area contributed by atoms with Crippen molar-refractivity contribution in [2.45, 2.75) is 38.2 Å². The van der Waals surface area contributed by atoms with Gasteiger partial charge in [-0.1, -0.05) is 12.5 Å². The molecule has 96 valence electrons. The van der Waals surface area contributed by atoms with Crippen LogP contribution in [-0.4, -0.2) is 17.2 Å². The minimum atomic E-state index is -0.910. The Labute approximate surface area is 107 Å². The van der Waals surface area contributed by atoms with Crippen LogP contribution >= 0.6 is 0 Å². The van der Waals surface area contributed by atoms with Gasteiger partial charge in [0.25, 0.3) is 0 Å². The van der Waals surface area contributed by atoms with Gasteiger partial charge in [0.1, 0.15) is 11.9 Å². The number of rotatable bonds is 3. The molecule has 18 heavy (non-hydrogen) atoms. The van der Waals surface area contributed by atoms with Crippen molar-refractivity contribution in [3.8, 4) is 5.75 Å². The normalized spacial score (nSPS) is 21.7. The zero-order chi connectivity index (χ0) is 12.8. The predicted molar refractivity (Wildman–Crippen MR) is 70.0 cm³/mol. The number of benzene rings is 1. The van der Waals surface area contributed by atoms with Crippen molar-refractivity contribution in [3.05, 3.63) is 42.0 Å². The van der Waals surface area contributed by atoms with Crippen molar-refractivity contribution in [2.24, 2.45) is 0 Å². The van der Waals surface area contributed by atoms with Crippen LogP contribution in [0.1, 0.15) is 42.5 Å². The van der Waals surface area contributed by atoms with Gasteiger partial charge in [-0.3, -0.25) is 0 Å². The first-order valence-electron chi connectivity index (χ1n) is 6.42. The maximum atomic E-state index is 10.7. The molecule has 0 amide bonds. The standard InChI is InChI=1S/C15H18O3/c16-15(17)12-8-10-14(11-9-12)18-13-6-4-2-1-3-5-7-13/h4,6,8-11,13H,1-3,5,7H2,(H,16,17)/b6-4+. The van der Waals surface area contributed by atoms with Crippen LogP contribution in [0.25, 0.3) is 0 Å². The highest BCUT2D eigenvalue weighted by molar-refractivity contribution is 5.87. The lowest BCUT2D eigenvalue weighted by Crippen LogP contribution is -2.14. The lowest BCUT2D eigenvalue weighted by atomic mass is 10.0. The molecule has 0 radical (unpaired) electrons. The van der Waals surface area contributed by atoms with Gasteiger partial charge in [0.05, 0.1) is 5.56 Å². The van der Waals surface area contributed by atoms with Crippen LogP contribution in [0.2, 0.25) is 0 Å². The molecule has 2 rings (SSSR count). The molecular weight excluding hydrogens is 228 g/mol. The van der Waals surface area contributed by atoms with E-state index in [4.69, 9.17) is 9.84 Å². The van der Waals surface area contributed by atoms with E-state index < -0.39 is 5.97 Å². The topological polar surface area (TPSA) is 46.5 Å². The predicted octanol–water partition coefficient (Wildman–Crippen LogP) is 3.65. The Morgan fingerprint density at radius 1 is 1.17 bits per heavy atom. The highest BCUT2D eigenvalue weighted by Gasteiger charge is 2.09. The zero-order valence-corrected chi connectivity index (χ0v) is 10.3. The molecule has 0 saturated carbocycles. The van der Waals surface area contributed by atoms with Crippen LogP contribution in [0.3, 0.4) is 0 Å². The summed E-state index contributed by atoms with van der Waals surface area (Å²) in [4.78, 5) is 10.7. The second-order valence-corrected chi connectivity index (χ2v) is 4.55. The summed E-state index contributed by atoms with van der Waals surface area (Å²) in [6.07, 6.45) is 10.2. The van der Waals surface area contributed by atoms with E-state index in [1.165, 1.54) is 19.3 Å². The van der Waals surface area contributed by atoms with E-state index in [2.05, 4.69) is 12.2 Å². The van der Waals surface area contributed by atoms with Crippen LogP contribution in [0.4, 0.5) is 0 Å². The number of hydrogen-bond acceptors (Lipinski definition) is 2. The van der Waals surface area contributed by atoms with Gasteiger partial charge < -0.3 is 9.84 Å². The van der Waals surface area contributed by atoms with Gasteiger partial charge in [0.15, 0.2) is 0 Å². The summed E-state index contributed by atoms with van der Waals surface area (Å²) < 4.78 is 5.85. The molecular formula is C15H18O3. The largest absolute Gasteiger partial charge is 0.486 e. The van der Waals surface area contributed by atoms with Crippen LogP contribution in [0.15, 0.2) is 36.4 Å². The summed E-state index contributed by atoms with van der Waals surface area (Å²) in [5.41, 5.74) is 0.288. The molecule has 3 nitrogen and oxygen atoms in total. The summed E-state index contributed by atoms with van der Waals surface area (Å²) in [6.45, 7) is 0. The lowest BCUT2D eigenvalue weighted by Gasteiger charge is -2.17. The fourth-order valence-electron chi connectivity index (χ4n) is 2.08. The average Bonchev–Trinajstić information content (AvgIpc) is 2.33. The highest BCUT2D eigenvalue weighted by Crippen LogP contribution is 2.19. The Balaban J connectivity index is 1.99. The van der Waals surface area contributed by atoms with Crippen LogP contribution in [0.5, 0.6) is 5.75 Å². The zero-order valence-electron chi connectivity index (χ0n) is 10.3. The average molecular weight is 246 g/mol. The molecule has 1 atom stereocenters. The van der Waals surface area contributed by atoms with Crippen LogP contribution in [0, 0.1) is 0 Å². The first kappa shape index (κ1) is 12.7. The summed E-state index contributed by atoms with van der Waals surface area (Å²) in [6, 6.07) is 6.58. The van der Waals surface area contributed by atoms with Crippen molar-refractivity contribution in [1.29, 1.82) is 0 Å². The molecule has 1 aromatic rings. The maximum Gasteiger partial charge on any atom is 0.335 e. The minimum Gasteiger partial charge on any atom is -0.486 e. The Hall–Kier alpha value is -1.77. The van der Waals surface area contributed by atoms with Crippen molar-refractivity contribution in [1.82, 2.24) is 0 Å². The molecule has 1 aliphatic carbocycles. The fourth-order valence-corrected chi connectivity index (χ4v) is 2.08. The van der Waals surface area contributed by atoms with E-state index in [1.807, 2.05) is 0 Å². The molecule has 1 unspecified atom stereocenters. The molecule has 1 aromatic carbocycles. The van der Waals surface area contributed by atoms with Gasteiger partial charge in [-0.25, -0.2) is 4.79 Å². The van der Waals surface area contributed by atoms with E-state index in [0.29, 0.717) is 0 Å². The molecule has 0 heterocycles. The number of carbonyl (C=O) groups is 1. The molecule has 3 heteroatoms. The van der Waals surface area contributed by atoms with Gasteiger partial charge in [0, 0.05) is 0 Å². The quantitative estimate of drug-likeness (QED) is 0.828. The van der Waals surface area contributed by atoms with E-state index in [9.17, 15) is 4.79 Å². The second-order valence-electron chi connectivity index (χ2n) is 4.55. The minimum absolute atomic E-state index is 0.112. The first-order valence-corrected chi connectivity index (χ1v) is 6.42. The Morgan fingerprint density at radius 3 is 2.67 bits per heavy atom. The SMILES string of the molecule is O=C(O)c1ccc(OC2/C=C/CCCCC2)cc1. The lowest BCUT2D eigenvalue weighted by molar-refractivity contribution is 0.0697. The van der Waals surface area contributed by atoms with Gasteiger partial charge >= 0.3 is 5.97 Å². The number of ether oxygens (including phenoxy) is 1. The van der Waals surface area contributed by atoms with Crippen molar-refractivity contribution >= 4 is 5.97 Å². The second kappa shape index (κ2) is 6.24. The fraction of sp³-hybridized carbons (Fsp3) is 0.400. The Bertz CT molecular complexity index is 420. The number of carboxylic acid groups (broad SMARTS) is 1. The van der Waals surface area contributed by atoms with E-state index in [-0.39, 0.29) is 11.7 Å². The molecule has 1 aliphatic rings. The number of hydrogen-bond donors (Lipinski definition) is 1. The summed E-state index contributed by atoms with van der Waals surface area (Å²) in [5.74, 6) is -0.178. The maximum absolute atomic E-state index is 10.7. The molecule has 0 aliphatic heterocycles. The first-order chi connectivity index (χ1) is 8.75. The third kappa shape index (κ3) is 3.62. The van der Waals surface area contributed by atoms with Crippen molar-refractivity contribution in [3.63, 3.8) is 0 Å². The molecule has 0 bridgehead atoms. The van der Waals surface area contributed by atoms with E-state index in [1.54, 1.807) is 24.3 Å². The third-order valence-electron chi connectivity index (χ3n) is 3.10. The van der Waals surface area contributed by atoms with Crippen LogP contribution in [-0.2, 0) is 0 Å². The number of carboxylic acids is 1. The van der Waals surface area contributed by atoms with Crippen molar-refractivity contribution < 1.29 is 14.6 Å². The molecule has 0 spiro atoms. The molecule has 1 N–H and O–H groups in total. The van der Waals surface area contributed by atoms with Crippen molar-refractivity contribution in [2.75, 3.05) is 0 Å². The van der Waals surface area contributed by atoms with Gasteiger partial charge in [-0.2, -0.15) is 0 Å². The van der Waals surface area contributed by atoms with E-state index >= 15 is 0 Å². The summed E-state index contributed by atoms with van der Waals surface area (Å²) in [7, 11) is 0. The number of aromatic carboxylic acids is 1. The van der Waals surface area contributed by atoms with Crippen LogP contribution < -0.4 is 4.74 Å². The van der Waals surface area contributed by atoms with E-state index in [0.717, 1.165) is 18.6 Å².